The second-order valence-electron chi connectivity index (χ2n) is 3.98. The quantitative estimate of drug-likeness (QED) is 0.872. The second-order valence-corrected chi connectivity index (χ2v) is 6.21. The minimum atomic E-state index is 0.104. The maximum absolute atomic E-state index is 12.2. The van der Waals surface area contributed by atoms with Crippen LogP contribution in [0.5, 0.6) is 0 Å². The first-order chi connectivity index (χ1) is 8.61. The Kier molecular flexibility index (Phi) is 4.14. The maximum Gasteiger partial charge on any atom is 0.169 e. The van der Waals surface area contributed by atoms with Crippen molar-refractivity contribution in [2.75, 3.05) is 12.4 Å². The van der Waals surface area contributed by atoms with E-state index in [4.69, 9.17) is 0 Å². The summed E-state index contributed by atoms with van der Waals surface area (Å²) < 4.78 is 0.888. The van der Waals surface area contributed by atoms with Gasteiger partial charge in [-0.2, -0.15) is 0 Å². The molecule has 0 aliphatic rings. The summed E-state index contributed by atoms with van der Waals surface area (Å²) in [4.78, 5) is 16.5. The van der Waals surface area contributed by atoms with Crippen molar-refractivity contribution in [2.45, 2.75) is 13.3 Å². The van der Waals surface area contributed by atoms with Crippen LogP contribution in [0.3, 0.4) is 0 Å². The van der Waals surface area contributed by atoms with Crippen molar-refractivity contribution >= 4 is 38.9 Å². The molecule has 2 aromatic rings. The summed E-state index contributed by atoms with van der Waals surface area (Å²) >= 11 is 4.92. The number of hydrogen-bond donors (Lipinski definition) is 1. The van der Waals surface area contributed by atoms with Crippen molar-refractivity contribution < 1.29 is 4.79 Å². The summed E-state index contributed by atoms with van der Waals surface area (Å²) in [6.07, 6.45) is 2.15. The molecule has 0 amide bonds. The molecule has 0 atom stereocenters. The first kappa shape index (κ1) is 13.2. The Morgan fingerprint density at radius 1 is 1.56 bits per heavy atom. The molecule has 3 nitrogen and oxygen atoms in total. The number of ketones is 1. The molecule has 0 unspecified atom stereocenters. The number of pyridine rings is 1. The van der Waals surface area contributed by atoms with Crippen LogP contribution in [-0.2, 0) is 6.42 Å². The minimum Gasteiger partial charge on any atom is -0.373 e. The lowest BCUT2D eigenvalue weighted by Gasteiger charge is -2.08. The number of aromatic nitrogens is 1. The molecule has 5 heteroatoms. The van der Waals surface area contributed by atoms with Gasteiger partial charge in [0.25, 0.3) is 0 Å². The van der Waals surface area contributed by atoms with E-state index in [9.17, 15) is 4.79 Å². The van der Waals surface area contributed by atoms with Crippen LogP contribution < -0.4 is 5.32 Å². The Morgan fingerprint density at radius 2 is 2.33 bits per heavy atom. The molecule has 2 rings (SSSR count). The van der Waals surface area contributed by atoms with Gasteiger partial charge in [-0.15, -0.1) is 11.3 Å². The van der Waals surface area contributed by atoms with Gasteiger partial charge in [0.15, 0.2) is 5.78 Å². The Labute approximate surface area is 118 Å². The van der Waals surface area contributed by atoms with Gasteiger partial charge in [0.1, 0.15) is 5.82 Å². The van der Waals surface area contributed by atoms with Crippen molar-refractivity contribution in [2.24, 2.45) is 0 Å². The van der Waals surface area contributed by atoms with Gasteiger partial charge in [0.2, 0.25) is 0 Å². The summed E-state index contributed by atoms with van der Waals surface area (Å²) in [5, 5.41) is 4.92. The lowest BCUT2D eigenvalue weighted by molar-refractivity contribution is 0.0993. The van der Waals surface area contributed by atoms with Gasteiger partial charge >= 0.3 is 0 Å². The number of carbonyl (C=O) groups excluding carboxylic acids is 1. The fraction of sp³-hybridized carbons (Fsp3) is 0.231. The van der Waals surface area contributed by atoms with Gasteiger partial charge in [-0.25, -0.2) is 4.98 Å². The van der Waals surface area contributed by atoms with E-state index >= 15 is 0 Å². The standard InChI is InChI=1S/C13H13BrN2OS/c1-8-5-9(13(15-2)16-7-8)6-11(17)10-3-4-18-12(10)14/h3-5,7H,6H2,1-2H3,(H,15,16). The number of rotatable bonds is 4. The van der Waals surface area contributed by atoms with Crippen molar-refractivity contribution in [1.82, 2.24) is 4.98 Å². The molecule has 94 valence electrons. The van der Waals surface area contributed by atoms with Crippen LogP contribution in [0.1, 0.15) is 21.5 Å². The summed E-state index contributed by atoms with van der Waals surface area (Å²) in [6, 6.07) is 3.84. The molecule has 0 saturated heterocycles. The van der Waals surface area contributed by atoms with E-state index in [1.54, 1.807) is 6.20 Å². The monoisotopic (exact) mass is 324 g/mol. The van der Waals surface area contributed by atoms with Crippen LogP contribution in [0, 0.1) is 6.92 Å². The molecular weight excluding hydrogens is 312 g/mol. The van der Waals surface area contributed by atoms with Gasteiger partial charge in [-0.1, -0.05) is 6.07 Å². The molecular formula is C13H13BrN2OS. The molecule has 0 saturated carbocycles. The molecule has 0 aliphatic carbocycles. The number of thiophene rings is 1. The molecule has 1 N–H and O–H groups in total. The number of nitrogens with zero attached hydrogens (tertiary/aromatic N) is 1. The highest BCUT2D eigenvalue weighted by atomic mass is 79.9. The van der Waals surface area contributed by atoms with E-state index in [1.165, 1.54) is 11.3 Å². The Balaban J connectivity index is 2.27. The van der Waals surface area contributed by atoms with E-state index in [-0.39, 0.29) is 5.78 Å². The molecule has 2 heterocycles. The third-order valence-corrected chi connectivity index (χ3v) is 4.30. The van der Waals surface area contributed by atoms with Crippen molar-refractivity contribution in [3.05, 3.63) is 44.2 Å². The van der Waals surface area contributed by atoms with Crippen molar-refractivity contribution in [3.63, 3.8) is 0 Å². The van der Waals surface area contributed by atoms with E-state index in [2.05, 4.69) is 26.2 Å². The van der Waals surface area contributed by atoms with Crippen molar-refractivity contribution in [1.29, 1.82) is 0 Å². The molecule has 0 fully saturated rings. The molecule has 0 bridgehead atoms. The minimum absolute atomic E-state index is 0.104. The van der Waals surface area contributed by atoms with Crippen molar-refractivity contribution in [3.8, 4) is 0 Å². The highest BCUT2D eigenvalue weighted by molar-refractivity contribution is 9.11. The van der Waals surface area contributed by atoms with Crippen LogP contribution in [0.15, 0.2) is 27.5 Å². The smallest absolute Gasteiger partial charge is 0.169 e. The van der Waals surface area contributed by atoms with E-state index in [1.807, 2.05) is 31.5 Å². The zero-order valence-electron chi connectivity index (χ0n) is 10.2. The number of Topliss-reactive ketones (excluding diaryl/α,β-unsaturated/α-hetero) is 1. The van der Waals surface area contributed by atoms with E-state index in [0.29, 0.717) is 6.42 Å². The second kappa shape index (κ2) is 5.63. The summed E-state index contributed by atoms with van der Waals surface area (Å²) in [6.45, 7) is 1.97. The molecule has 0 radical (unpaired) electrons. The molecule has 0 aromatic carbocycles. The lowest BCUT2D eigenvalue weighted by Crippen LogP contribution is -2.07. The zero-order chi connectivity index (χ0) is 13.1. The first-order valence-corrected chi connectivity index (χ1v) is 7.18. The highest BCUT2D eigenvalue weighted by Gasteiger charge is 2.14. The highest BCUT2D eigenvalue weighted by Crippen LogP contribution is 2.25. The summed E-state index contributed by atoms with van der Waals surface area (Å²) in [5.74, 6) is 0.868. The lowest BCUT2D eigenvalue weighted by atomic mass is 10.0. The molecule has 2 aromatic heterocycles. The Bertz CT molecular complexity index is 580. The Morgan fingerprint density at radius 3 is 2.94 bits per heavy atom. The number of aryl methyl sites for hydroxylation is 1. The third-order valence-electron chi connectivity index (χ3n) is 2.61. The largest absolute Gasteiger partial charge is 0.373 e. The van der Waals surface area contributed by atoms with Gasteiger partial charge < -0.3 is 5.32 Å². The molecule has 0 spiro atoms. The average molecular weight is 325 g/mol. The predicted octanol–water partition coefficient (Wildman–Crippen LogP) is 3.68. The van der Waals surface area contributed by atoms with Gasteiger partial charge in [0.05, 0.1) is 3.79 Å². The van der Waals surface area contributed by atoms with Gasteiger partial charge in [-0.05, 0) is 39.9 Å². The van der Waals surface area contributed by atoms with Crippen LogP contribution in [0.2, 0.25) is 0 Å². The maximum atomic E-state index is 12.2. The fourth-order valence-electron chi connectivity index (χ4n) is 1.75. The topological polar surface area (TPSA) is 42.0 Å². The number of hydrogen-bond acceptors (Lipinski definition) is 4. The summed E-state index contributed by atoms with van der Waals surface area (Å²) in [7, 11) is 1.81. The first-order valence-electron chi connectivity index (χ1n) is 5.51. The van der Waals surface area contributed by atoms with Gasteiger partial charge in [-0.3, -0.25) is 4.79 Å². The van der Waals surface area contributed by atoms with Crippen LogP contribution in [-0.4, -0.2) is 17.8 Å². The fourth-order valence-corrected chi connectivity index (χ4v) is 3.06. The molecule has 18 heavy (non-hydrogen) atoms. The SMILES string of the molecule is CNc1ncc(C)cc1CC(=O)c1ccsc1Br. The molecule has 0 aliphatic heterocycles. The number of carbonyl (C=O) groups is 1. The Hall–Kier alpha value is -1.20. The van der Waals surface area contributed by atoms with E-state index < -0.39 is 0 Å². The summed E-state index contributed by atoms with van der Waals surface area (Å²) in [5.41, 5.74) is 2.73. The number of halogens is 1. The van der Waals surface area contributed by atoms with Gasteiger partial charge in [0, 0.05) is 30.8 Å². The van der Waals surface area contributed by atoms with E-state index in [0.717, 1.165) is 26.3 Å². The number of nitrogens with one attached hydrogen (secondary N) is 1. The average Bonchev–Trinajstić information content (AvgIpc) is 2.76. The number of anilines is 1. The predicted molar refractivity (Wildman–Crippen MR) is 78.6 cm³/mol. The third kappa shape index (κ3) is 2.79. The normalized spacial score (nSPS) is 10.4. The zero-order valence-corrected chi connectivity index (χ0v) is 12.6. The van der Waals surface area contributed by atoms with Crippen LogP contribution in [0.25, 0.3) is 0 Å². The van der Waals surface area contributed by atoms with Crippen LogP contribution in [0.4, 0.5) is 5.82 Å². The van der Waals surface area contributed by atoms with Crippen LogP contribution >= 0.6 is 27.3 Å².